The lowest BCUT2D eigenvalue weighted by Gasteiger charge is -2.26. The molecule has 2 rings (SSSR count). The number of nitro groups is 1. The summed E-state index contributed by atoms with van der Waals surface area (Å²) in [6.45, 7) is 5.27. The summed E-state index contributed by atoms with van der Waals surface area (Å²) in [5.41, 5.74) is 0.226. The van der Waals surface area contributed by atoms with Crippen LogP contribution in [0.25, 0.3) is 0 Å². The van der Waals surface area contributed by atoms with Crippen LogP contribution in [0.15, 0.2) is 42.6 Å². The molecule has 0 radical (unpaired) electrons. The molecular formula is C15H17N3O4. The molecule has 0 fully saturated rings. The Bertz CT molecular complexity index is 674. The lowest BCUT2D eigenvalue weighted by atomic mass is 10.2. The van der Waals surface area contributed by atoms with E-state index in [0.717, 1.165) is 0 Å². The average Bonchev–Trinajstić information content (AvgIpc) is 2.87. The van der Waals surface area contributed by atoms with Crippen molar-refractivity contribution < 1.29 is 14.5 Å². The Morgan fingerprint density at radius 2 is 1.86 bits per heavy atom. The summed E-state index contributed by atoms with van der Waals surface area (Å²) in [5.74, 6) is -0.195. The number of aromatic nitrogens is 1. The fraction of sp³-hybridized carbons (Fsp3) is 0.267. The number of amides is 1. The van der Waals surface area contributed by atoms with Crippen LogP contribution in [0.2, 0.25) is 0 Å². The Morgan fingerprint density at radius 3 is 2.36 bits per heavy atom. The number of carbonyl (C=O) groups is 1. The van der Waals surface area contributed by atoms with Gasteiger partial charge in [-0.2, -0.15) is 0 Å². The normalized spacial score (nSPS) is 11.0. The molecule has 1 N–H and O–H groups in total. The number of ether oxygens (including phenoxy) is 1. The topological polar surface area (TPSA) is 88.5 Å². The van der Waals surface area contributed by atoms with Gasteiger partial charge in [0.1, 0.15) is 11.8 Å². The van der Waals surface area contributed by atoms with Crippen LogP contribution in [0.3, 0.4) is 0 Å². The molecule has 0 unspecified atom stereocenters. The maximum absolute atomic E-state index is 12.5. The number of nitrogens with zero attached hydrogens (tertiary/aromatic N) is 2. The van der Waals surface area contributed by atoms with Crippen molar-refractivity contribution in [2.45, 2.75) is 26.4 Å². The predicted molar refractivity (Wildman–Crippen MR) is 82.3 cm³/mol. The van der Waals surface area contributed by atoms with Crippen molar-refractivity contribution in [1.82, 2.24) is 4.98 Å². The lowest BCUT2D eigenvalue weighted by molar-refractivity contribution is -0.389. The van der Waals surface area contributed by atoms with Crippen LogP contribution >= 0.6 is 0 Å². The first kappa shape index (κ1) is 15.6. The molecule has 2 aromatic rings. The molecule has 0 saturated heterocycles. The zero-order chi connectivity index (χ0) is 16.3. The van der Waals surface area contributed by atoms with Crippen molar-refractivity contribution in [2.24, 2.45) is 0 Å². The first-order valence-corrected chi connectivity index (χ1v) is 6.69. The van der Waals surface area contributed by atoms with Gasteiger partial charge < -0.3 is 14.9 Å². The first-order valence-electron chi connectivity index (χ1n) is 6.69. The van der Waals surface area contributed by atoms with Crippen LogP contribution in [0, 0.1) is 10.1 Å². The molecule has 22 heavy (non-hydrogen) atoms. The van der Waals surface area contributed by atoms with E-state index >= 15 is 0 Å². The number of aromatic amines is 1. The number of benzene rings is 1. The van der Waals surface area contributed by atoms with Gasteiger partial charge in [-0.3, -0.25) is 0 Å². The maximum atomic E-state index is 12.5. The van der Waals surface area contributed by atoms with Crippen molar-refractivity contribution in [3.8, 4) is 0 Å². The van der Waals surface area contributed by atoms with Gasteiger partial charge in [0, 0.05) is 0 Å². The Labute approximate surface area is 127 Å². The smallest absolute Gasteiger partial charge is 0.419 e. The highest BCUT2D eigenvalue weighted by molar-refractivity contribution is 5.96. The molecule has 0 aliphatic heterocycles. The van der Waals surface area contributed by atoms with Crippen molar-refractivity contribution in [1.29, 1.82) is 0 Å². The van der Waals surface area contributed by atoms with E-state index in [2.05, 4.69) is 4.98 Å². The zero-order valence-corrected chi connectivity index (χ0v) is 12.6. The van der Waals surface area contributed by atoms with Crippen LogP contribution in [-0.4, -0.2) is 21.6 Å². The number of hydrogen-bond acceptors (Lipinski definition) is 4. The van der Waals surface area contributed by atoms with E-state index in [-0.39, 0.29) is 5.82 Å². The molecule has 1 amide bonds. The third kappa shape index (κ3) is 3.63. The molecule has 1 heterocycles. The second-order valence-corrected chi connectivity index (χ2v) is 5.65. The summed E-state index contributed by atoms with van der Waals surface area (Å²) in [7, 11) is 0. The highest BCUT2D eigenvalue weighted by atomic mass is 16.6. The van der Waals surface area contributed by atoms with Crippen LogP contribution in [-0.2, 0) is 4.74 Å². The summed E-state index contributed by atoms with van der Waals surface area (Å²) in [6, 6.07) is 10.1. The molecule has 1 aromatic heterocycles. The maximum Gasteiger partial charge on any atom is 0.419 e. The average molecular weight is 303 g/mol. The van der Waals surface area contributed by atoms with Crippen molar-refractivity contribution in [2.75, 3.05) is 4.90 Å². The van der Waals surface area contributed by atoms with Gasteiger partial charge in [-0.25, -0.2) is 14.7 Å². The molecule has 0 atom stereocenters. The zero-order valence-electron chi connectivity index (χ0n) is 12.6. The van der Waals surface area contributed by atoms with Crippen molar-refractivity contribution in [3.63, 3.8) is 0 Å². The summed E-state index contributed by atoms with van der Waals surface area (Å²) in [5, 5.41) is 10.8. The standard InChI is InChI=1S/C15H17N3O4/c1-15(2,3)22-14(19)17(11-7-5-4-6-8-11)12-9-13(16-10-12)18(20)21/h4-10,16H,1-3H3. The third-order valence-corrected chi connectivity index (χ3v) is 2.70. The number of rotatable bonds is 3. The van der Waals surface area contributed by atoms with Gasteiger partial charge in [-0.1, -0.05) is 18.2 Å². The highest BCUT2D eigenvalue weighted by Gasteiger charge is 2.27. The number of carbonyl (C=O) groups excluding carboxylic acids is 1. The van der Waals surface area contributed by atoms with E-state index in [1.165, 1.54) is 17.2 Å². The highest BCUT2D eigenvalue weighted by Crippen LogP contribution is 2.29. The van der Waals surface area contributed by atoms with E-state index in [0.29, 0.717) is 11.4 Å². The first-order chi connectivity index (χ1) is 10.3. The molecule has 116 valence electrons. The van der Waals surface area contributed by atoms with E-state index in [4.69, 9.17) is 4.74 Å². The second-order valence-electron chi connectivity index (χ2n) is 5.65. The number of para-hydroxylation sites is 1. The van der Waals surface area contributed by atoms with Gasteiger partial charge in [-0.15, -0.1) is 0 Å². The minimum atomic E-state index is -0.674. The van der Waals surface area contributed by atoms with E-state index in [1.54, 1.807) is 45.0 Å². The minimum absolute atomic E-state index is 0.195. The summed E-state index contributed by atoms with van der Waals surface area (Å²) in [6.07, 6.45) is 0.794. The second kappa shape index (κ2) is 5.88. The van der Waals surface area contributed by atoms with Gasteiger partial charge in [0.15, 0.2) is 0 Å². The Hall–Kier alpha value is -2.83. The van der Waals surface area contributed by atoms with Crippen LogP contribution < -0.4 is 4.90 Å². The van der Waals surface area contributed by atoms with Crippen LogP contribution in [0.1, 0.15) is 20.8 Å². The fourth-order valence-electron chi connectivity index (χ4n) is 1.85. The number of hydrogen-bond donors (Lipinski definition) is 1. The largest absolute Gasteiger partial charge is 0.443 e. The molecule has 0 aliphatic rings. The molecule has 0 saturated carbocycles. The molecule has 0 bridgehead atoms. The molecule has 0 aliphatic carbocycles. The Kier molecular flexibility index (Phi) is 4.16. The molecule has 7 heteroatoms. The van der Waals surface area contributed by atoms with Crippen LogP contribution in [0.4, 0.5) is 22.0 Å². The molecule has 7 nitrogen and oxygen atoms in total. The SMILES string of the molecule is CC(C)(C)OC(=O)N(c1ccccc1)c1c[nH]c([N+](=O)[O-])c1. The van der Waals surface area contributed by atoms with E-state index in [1.807, 2.05) is 6.07 Å². The van der Waals surface area contributed by atoms with E-state index < -0.39 is 16.6 Å². The lowest BCUT2D eigenvalue weighted by Crippen LogP contribution is -2.33. The molecule has 0 spiro atoms. The quantitative estimate of drug-likeness (QED) is 0.685. The van der Waals surface area contributed by atoms with Crippen LogP contribution in [0.5, 0.6) is 0 Å². The predicted octanol–water partition coefficient (Wildman–Crippen LogP) is 4.00. The number of nitrogens with one attached hydrogen (secondary N) is 1. The fourth-order valence-corrected chi connectivity index (χ4v) is 1.85. The summed E-state index contributed by atoms with van der Waals surface area (Å²) < 4.78 is 5.38. The summed E-state index contributed by atoms with van der Waals surface area (Å²) in [4.78, 5) is 26.5. The van der Waals surface area contributed by atoms with Gasteiger partial charge in [0.05, 0.1) is 17.4 Å². The Morgan fingerprint density at radius 1 is 1.23 bits per heavy atom. The van der Waals surface area contributed by atoms with Crippen molar-refractivity contribution in [3.05, 3.63) is 52.7 Å². The van der Waals surface area contributed by atoms with E-state index in [9.17, 15) is 14.9 Å². The van der Waals surface area contributed by atoms with Crippen molar-refractivity contribution >= 4 is 23.3 Å². The number of H-pyrrole nitrogens is 1. The van der Waals surface area contributed by atoms with Gasteiger partial charge in [0.25, 0.3) is 0 Å². The minimum Gasteiger partial charge on any atom is -0.443 e. The van der Waals surface area contributed by atoms with Gasteiger partial charge >= 0.3 is 11.9 Å². The third-order valence-electron chi connectivity index (χ3n) is 2.70. The van der Waals surface area contributed by atoms with Gasteiger partial charge in [-0.05, 0) is 37.8 Å². The Balaban J connectivity index is 2.41. The molecular weight excluding hydrogens is 286 g/mol. The monoisotopic (exact) mass is 303 g/mol. The number of anilines is 2. The summed E-state index contributed by atoms with van der Waals surface area (Å²) >= 11 is 0. The molecule has 1 aromatic carbocycles. The van der Waals surface area contributed by atoms with Gasteiger partial charge in [0.2, 0.25) is 0 Å².